The van der Waals surface area contributed by atoms with E-state index in [1.165, 1.54) is 34.5 Å². The van der Waals surface area contributed by atoms with Gasteiger partial charge in [0.1, 0.15) is 0 Å². The first kappa shape index (κ1) is 20.8. The number of ether oxygens (including phenoxy) is 4. The predicted octanol–water partition coefficient (Wildman–Crippen LogP) is 3.46. The number of carbonyl (C=O) groups excluding carboxylic acids is 2. The number of amides is 1. The molecular weight excluding hydrogens is 362 g/mol. The van der Waals surface area contributed by atoms with Crippen molar-refractivity contribution < 1.29 is 28.5 Å². The van der Waals surface area contributed by atoms with Crippen LogP contribution in [0.3, 0.4) is 0 Å². The van der Waals surface area contributed by atoms with E-state index in [-0.39, 0.29) is 5.91 Å². The van der Waals surface area contributed by atoms with E-state index in [1.54, 1.807) is 43.3 Å². The molecule has 0 spiro atoms. The summed E-state index contributed by atoms with van der Waals surface area (Å²) >= 11 is 0. The van der Waals surface area contributed by atoms with Crippen LogP contribution < -0.4 is 19.5 Å². The first-order valence-electron chi connectivity index (χ1n) is 8.42. The average Bonchev–Trinajstić information content (AvgIpc) is 2.72. The van der Waals surface area contributed by atoms with Crippen molar-refractivity contribution in [1.82, 2.24) is 0 Å². The van der Waals surface area contributed by atoms with Crippen molar-refractivity contribution in [2.45, 2.75) is 6.92 Å². The van der Waals surface area contributed by atoms with Crippen molar-refractivity contribution in [2.75, 3.05) is 33.8 Å². The van der Waals surface area contributed by atoms with E-state index >= 15 is 0 Å². The number of esters is 1. The van der Waals surface area contributed by atoms with Crippen LogP contribution in [0.15, 0.2) is 36.4 Å². The summed E-state index contributed by atoms with van der Waals surface area (Å²) in [5, 5.41) is 2.76. The lowest BCUT2D eigenvalue weighted by Crippen LogP contribution is -2.11. The quantitative estimate of drug-likeness (QED) is 0.581. The van der Waals surface area contributed by atoms with Crippen LogP contribution in [-0.4, -0.2) is 40.3 Å². The lowest BCUT2D eigenvalue weighted by Gasteiger charge is -2.14. The first-order chi connectivity index (χ1) is 13.5. The third-order valence-electron chi connectivity index (χ3n) is 4.15. The van der Waals surface area contributed by atoms with Crippen LogP contribution in [0.2, 0.25) is 0 Å². The Balaban J connectivity index is 2.25. The zero-order valence-electron chi connectivity index (χ0n) is 16.5. The number of nitrogens with one attached hydrogen (secondary N) is 1. The van der Waals surface area contributed by atoms with Gasteiger partial charge in [-0.05, 0) is 42.8 Å². The van der Waals surface area contributed by atoms with Crippen molar-refractivity contribution in [3.8, 4) is 17.2 Å². The Kier molecular flexibility index (Phi) is 7.03. The number of hydrogen-bond acceptors (Lipinski definition) is 6. The van der Waals surface area contributed by atoms with E-state index in [9.17, 15) is 9.59 Å². The van der Waals surface area contributed by atoms with Crippen molar-refractivity contribution in [2.24, 2.45) is 0 Å². The Morgan fingerprint density at radius 1 is 0.929 bits per heavy atom. The van der Waals surface area contributed by atoms with Gasteiger partial charge in [-0.2, -0.15) is 0 Å². The molecular formula is C21H23NO6. The number of hydrogen-bond donors (Lipinski definition) is 1. The van der Waals surface area contributed by atoms with Crippen molar-refractivity contribution in [3.63, 3.8) is 0 Å². The Morgan fingerprint density at radius 3 is 2.25 bits per heavy atom. The minimum absolute atomic E-state index is 0.359. The summed E-state index contributed by atoms with van der Waals surface area (Å²) < 4.78 is 20.7. The highest BCUT2D eigenvalue weighted by molar-refractivity contribution is 6.03. The van der Waals surface area contributed by atoms with Crippen LogP contribution in [0.5, 0.6) is 17.2 Å². The monoisotopic (exact) mass is 385 g/mol. The summed E-state index contributed by atoms with van der Waals surface area (Å²) in [5.74, 6) is 0.598. The van der Waals surface area contributed by atoms with Gasteiger partial charge in [0.15, 0.2) is 11.5 Å². The third kappa shape index (κ3) is 4.43. The molecule has 0 fully saturated rings. The molecule has 0 aromatic heterocycles. The van der Waals surface area contributed by atoms with Crippen molar-refractivity contribution in [3.05, 3.63) is 53.1 Å². The van der Waals surface area contributed by atoms with Gasteiger partial charge in [-0.15, -0.1) is 0 Å². The van der Waals surface area contributed by atoms with E-state index < -0.39 is 5.97 Å². The number of benzene rings is 2. The molecule has 0 bridgehead atoms. The molecule has 0 heterocycles. The van der Waals surface area contributed by atoms with Gasteiger partial charge in [0.2, 0.25) is 11.7 Å². The molecule has 0 saturated heterocycles. The van der Waals surface area contributed by atoms with Crippen LogP contribution in [0, 0.1) is 6.92 Å². The number of rotatable bonds is 7. The summed E-state index contributed by atoms with van der Waals surface area (Å²) in [5.41, 5.74) is 2.19. The van der Waals surface area contributed by atoms with E-state index in [1.807, 2.05) is 0 Å². The van der Waals surface area contributed by atoms with Crippen LogP contribution in [-0.2, 0) is 9.53 Å². The SMILES string of the molecule is COC(=O)c1cccc(NC(=O)/C=C/c2ccc(OC)c(OC)c2OC)c1C. The van der Waals surface area contributed by atoms with Crippen LogP contribution in [0.4, 0.5) is 5.69 Å². The van der Waals surface area contributed by atoms with Gasteiger partial charge in [-0.25, -0.2) is 4.79 Å². The largest absolute Gasteiger partial charge is 0.493 e. The summed E-state index contributed by atoms with van der Waals surface area (Å²) in [6.45, 7) is 1.74. The lowest BCUT2D eigenvalue weighted by atomic mass is 10.1. The molecule has 0 aliphatic rings. The molecule has 0 aliphatic heterocycles. The van der Waals surface area contributed by atoms with Gasteiger partial charge >= 0.3 is 5.97 Å². The van der Waals surface area contributed by atoms with Crippen molar-refractivity contribution in [1.29, 1.82) is 0 Å². The fourth-order valence-electron chi connectivity index (χ4n) is 2.70. The summed E-state index contributed by atoms with van der Waals surface area (Å²) in [4.78, 5) is 24.1. The van der Waals surface area contributed by atoms with Gasteiger partial charge in [0.25, 0.3) is 0 Å². The minimum atomic E-state index is -0.459. The van der Waals surface area contributed by atoms with Crippen LogP contribution in [0.1, 0.15) is 21.5 Å². The first-order valence-corrected chi connectivity index (χ1v) is 8.42. The highest BCUT2D eigenvalue weighted by Crippen LogP contribution is 2.40. The molecule has 7 heteroatoms. The van der Waals surface area contributed by atoms with Gasteiger partial charge < -0.3 is 24.3 Å². The van der Waals surface area contributed by atoms with E-state index in [0.29, 0.717) is 39.6 Å². The zero-order valence-corrected chi connectivity index (χ0v) is 16.5. The summed E-state index contributed by atoms with van der Waals surface area (Å²) in [7, 11) is 5.87. The molecule has 148 valence electrons. The van der Waals surface area contributed by atoms with Crippen LogP contribution >= 0.6 is 0 Å². The van der Waals surface area contributed by atoms with Crippen LogP contribution in [0.25, 0.3) is 6.08 Å². The van der Waals surface area contributed by atoms with E-state index in [4.69, 9.17) is 18.9 Å². The molecule has 7 nitrogen and oxygen atoms in total. The second-order valence-electron chi connectivity index (χ2n) is 5.72. The van der Waals surface area contributed by atoms with Gasteiger partial charge in [0, 0.05) is 17.3 Å². The molecule has 0 aliphatic carbocycles. The molecule has 1 N–H and O–H groups in total. The fraction of sp³-hybridized carbons (Fsp3) is 0.238. The average molecular weight is 385 g/mol. The molecule has 1 amide bonds. The summed E-state index contributed by atoms with van der Waals surface area (Å²) in [6.07, 6.45) is 2.98. The number of methoxy groups -OCH3 is 4. The highest BCUT2D eigenvalue weighted by atomic mass is 16.5. The Morgan fingerprint density at radius 2 is 1.64 bits per heavy atom. The molecule has 0 radical (unpaired) electrons. The Hall–Kier alpha value is -3.48. The number of anilines is 1. The van der Waals surface area contributed by atoms with Gasteiger partial charge in [-0.1, -0.05) is 6.07 Å². The van der Waals surface area contributed by atoms with Crippen molar-refractivity contribution >= 4 is 23.6 Å². The minimum Gasteiger partial charge on any atom is -0.493 e. The smallest absolute Gasteiger partial charge is 0.338 e. The third-order valence-corrected chi connectivity index (χ3v) is 4.15. The second-order valence-corrected chi connectivity index (χ2v) is 5.72. The molecule has 28 heavy (non-hydrogen) atoms. The topological polar surface area (TPSA) is 83.1 Å². The fourth-order valence-corrected chi connectivity index (χ4v) is 2.70. The molecule has 0 atom stereocenters. The van der Waals surface area contributed by atoms with Gasteiger partial charge in [0.05, 0.1) is 34.0 Å². The number of carbonyl (C=O) groups is 2. The van der Waals surface area contributed by atoms with E-state index in [0.717, 1.165) is 0 Å². The molecule has 0 unspecified atom stereocenters. The second kappa shape index (κ2) is 9.45. The Bertz CT molecular complexity index is 904. The lowest BCUT2D eigenvalue weighted by molar-refractivity contribution is -0.111. The maximum absolute atomic E-state index is 12.4. The van der Waals surface area contributed by atoms with E-state index in [2.05, 4.69) is 5.32 Å². The summed E-state index contributed by atoms with van der Waals surface area (Å²) in [6, 6.07) is 8.51. The Labute approximate surface area is 163 Å². The molecule has 2 aromatic rings. The standard InChI is InChI=1S/C21H23NO6/c1-13-15(21(24)28-5)7-6-8-16(13)22-18(23)12-10-14-9-11-17(25-2)20(27-4)19(14)26-3/h6-12H,1-5H3,(H,22,23)/b12-10+. The normalized spacial score (nSPS) is 10.5. The predicted molar refractivity (Wildman–Crippen MR) is 106 cm³/mol. The molecule has 2 rings (SSSR count). The molecule has 0 saturated carbocycles. The highest BCUT2D eigenvalue weighted by Gasteiger charge is 2.15. The molecule has 2 aromatic carbocycles. The maximum atomic E-state index is 12.4. The zero-order chi connectivity index (χ0) is 20.7. The maximum Gasteiger partial charge on any atom is 0.338 e. The van der Waals surface area contributed by atoms with Gasteiger partial charge in [-0.3, -0.25) is 4.79 Å².